The van der Waals surface area contributed by atoms with Gasteiger partial charge in [-0.2, -0.15) is 0 Å². The lowest BCUT2D eigenvalue weighted by Crippen LogP contribution is -2.45. The van der Waals surface area contributed by atoms with Crippen LogP contribution in [0.4, 0.5) is 0 Å². The first-order valence-electron chi connectivity index (χ1n) is 7.97. The SMILES string of the molecule is O=C1c2ccccc2OCC1(c1ccc(O)cc1)c1ccc(O)cc1. The van der Waals surface area contributed by atoms with Gasteiger partial charge >= 0.3 is 0 Å². The molecule has 0 amide bonds. The van der Waals surface area contributed by atoms with Crippen LogP contribution in [0.3, 0.4) is 0 Å². The quantitative estimate of drug-likeness (QED) is 0.751. The van der Waals surface area contributed by atoms with Crippen molar-refractivity contribution in [3.05, 3.63) is 89.5 Å². The third-order valence-electron chi connectivity index (χ3n) is 4.68. The summed E-state index contributed by atoms with van der Waals surface area (Å²) in [6, 6.07) is 20.4. The van der Waals surface area contributed by atoms with E-state index < -0.39 is 5.41 Å². The molecule has 0 spiro atoms. The lowest BCUT2D eigenvalue weighted by Gasteiger charge is -2.37. The van der Waals surface area contributed by atoms with E-state index >= 15 is 0 Å². The van der Waals surface area contributed by atoms with E-state index in [1.54, 1.807) is 60.7 Å². The van der Waals surface area contributed by atoms with Gasteiger partial charge in [-0.25, -0.2) is 0 Å². The summed E-state index contributed by atoms with van der Waals surface area (Å²) < 4.78 is 5.93. The zero-order valence-electron chi connectivity index (χ0n) is 13.3. The topological polar surface area (TPSA) is 66.8 Å². The van der Waals surface area contributed by atoms with Crippen LogP contribution in [-0.4, -0.2) is 22.6 Å². The maximum atomic E-state index is 13.5. The van der Waals surface area contributed by atoms with Crippen molar-refractivity contribution in [1.82, 2.24) is 0 Å². The van der Waals surface area contributed by atoms with Crippen LogP contribution in [0.15, 0.2) is 72.8 Å². The highest BCUT2D eigenvalue weighted by Gasteiger charge is 2.47. The molecule has 0 aromatic heterocycles. The molecule has 1 aliphatic heterocycles. The lowest BCUT2D eigenvalue weighted by molar-refractivity contribution is 0.0818. The van der Waals surface area contributed by atoms with E-state index in [-0.39, 0.29) is 23.9 Å². The van der Waals surface area contributed by atoms with Crippen molar-refractivity contribution in [2.75, 3.05) is 6.61 Å². The van der Waals surface area contributed by atoms with Crippen molar-refractivity contribution in [3.8, 4) is 17.2 Å². The minimum atomic E-state index is -1.03. The van der Waals surface area contributed by atoms with Gasteiger partial charge in [0.25, 0.3) is 0 Å². The van der Waals surface area contributed by atoms with Crippen LogP contribution < -0.4 is 4.74 Å². The fourth-order valence-electron chi connectivity index (χ4n) is 3.35. The molecule has 0 saturated heterocycles. The Bertz CT molecular complexity index is 881. The number of para-hydroxylation sites is 1. The summed E-state index contributed by atoms with van der Waals surface area (Å²) in [4.78, 5) is 13.5. The molecule has 1 heterocycles. The minimum Gasteiger partial charge on any atom is -0.508 e. The normalized spacial score (nSPS) is 15.3. The maximum absolute atomic E-state index is 13.5. The summed E-state index contributed by atoms with van der Waals surface area (Å²) in [7, 11) is 0. The second-order valence-corrected chi connectivity index (χ2v) is 6.11. The van der Waals surface area contributed by atoms with Gasteiger partial charge in [-0.05, 0) is 47.5 Å². The largest absolute Gasteiger partial charge is 0.508 e. The van der Waals surface area contributed by atoms with Crippen molar-refractivity contribution in [1.29, 1.82) is 0 Å². The lowest BCUT2D eigenvalue weighted by atomic mass is 9.69. The second kappa shape index (κ2) is 5.67. The van der Waals surface area contributed by atoms with Crippen LogP contribution in [0.25, 0.3) is 0 Å². The Morgan fingerprint density at radius 1 is 0.760 bits per heavy atom. The smallest absolute Gasteiger partial charge is 0.184 e. The molecule has 0 saturated carbocycles. The van der Waals surface area contributed by atoms with Crippen LogP contribution in [0.1, 0.15) is 21.5 Å². The monoisotopic (exact) mass is 332 g/mol. The summed E-state index contributed by atoms with van der Waals surface area (Å²) in [5.74, 6) is 0.773. The van der Waals surface area contributed by atoms with E-state index in [0.717, 1.165) is 11.1 Å². The predicted octanol–water partition coefficient (Wildman–Crippen LogP) is 3.66. The van der Waals surface area contributed by atoms with Gasteiger partial charge in [0.1, 0.15) is 29.3 Å². The summed E-state index contributed by atoms with van der Waals surface area (Å²) in [5.41, 5.74) is 0.955. The summed E-state index contributed by atoms with van der Waals surface area (Å²) in [5, 5.41) is 19.2. The predicted molar refractivity (Wildman–Crippen MR) is 93.3 cm³/mol. The Kier molecular flexibility index (Phi) is 3.46. The molecule has 4 rings (SSSR count). The van der Waals surface area contributed by atoms with E-state index in [1.165, 1.54) is 0 Å². The van der Waals surface area contributed by atoms with Gasteiger partial charge in [-0.3, -0.25) is 4.79 Å². The molecule has 3 aromatic carbocycles. The Morgan fingerprint density at radius 3 is 1.84 bits per heavy atom. The molecule has 2 N–H and O–H groups in total. The van der Waals surface area contributed by atoms with Crippen molar-refractivity contribution in [3.63, 3.8) is 0 Å². The van der Waals surface area contributed by atoms with E-state index in [0.29, 0.717) is 11.3 Å². The fraction of sp³-hybridized carbons (Fsp3) is 0.0952. The first-order chi connectivity index (χ1) is 12.1. The number of carbonyl (C=O) groups excluding carboxylic acids is 1. The van der Waals surface area contributed by atoms with E-state index in [1.807, 2.05) is 12.1 Å². The Hall–Kier alpha value is -3.27. The standard InChI is InChI=1S/C21H16O4/c22-16-9-5-14(6-10-16)21(15-7-11-17(23)12-8-15)13-25-19-4-2-1-3-18(19)20(21)24/h1-12,22-23H,13H2. The molecule has 0 unspecified atom stereocenters. The molecule has 124 valence electrons. The van der Waals surface area contributed by atoms with Gasteiger partial charge in [0.2, 0.25) is 0 Å². The van der Waals surface area contributed by atoms with Gasteiger partial charge in [-0.1, -0.05) is 36.4 Å². The van der Waals surface area contributed by atoms with E-state index in [9.17, 15) is 15.0 Å². The number of phenols is 2. The van der Waals surface area contributed by atoms with Crippen molar-refractivity contribution in [2.45, 2.75) is 5.41 Å². The average Bonchev–Trinajstić information content (AvgIpc) is 2.64. The fourth-order valence-corrected chi connectivity index (χ4v) is 3.35. The molecule has 4 nitrogen and oxygen atoms in total. The molecule has 25 heavy (non-hydrogen) atoms. The van der Waals surface area contributed by atoms with Gasteiger partial charge in [-0.15, -0.1) is 0 Å². The minimum absolute atomic E-state index is 0.0641. The third-order valence-corrected chi connectivity index (χ3v) is 4.68. The van der Waals surface area contributed by atoms with Crippen molar-refractivity contribution < 1.29 is 19.7 Å². The number of benzene rings is 3. The highest BCUT2D eigenvalue weighted by molar-refractivity contribution is 6.09. The maximum Gasteiger partial charge on any atom is 0.184 e. The number of rotatable bonds is 2. The number of aromatic hydroxyl groups is 2. The first kappa shape index (κ1) is 15.3. The van der Waals surface area contributed by atoms with Crippen molar-refractivity contribution in [2.24, 2.45) is 0 Å². The summed E-state index contributed by atoms with van der Waals surface area (Å²) in [6.07, 6.45) is 0. The zero-order chi connectivity index (χ0) is 17.4. The number of hydrogen-bond donors (Lipinski definition) is 2. The number of ether oxygens (including phenoxy) is 1. The molecule has 0 aliphatic carbocycles. The average molecular weight is 332 g/mol. The summed E-state index contributed by atoms with van der Waals surface area (Å²) in [6.45, 7) is 0.151. The van der Waals surface area contributed by atoms with Crippen LogP contribution in [-0.2, 0) is 5.41 Å². The third kappa shape index (κ3) is 2.34. The van der Waals surface area contributed by atoms with Gasteiger partial charge < -0.3 is 14.9 Å². The molecule has 0 atom stereocenters. The number of carbonyl (C=O) groups is 1. The number of ketones is 1. The molecular weight excluding hydrogens is 316 g/mol. The molecule has 1 aliphatic rings. The van der Waals surface area contributed by atoms with Crippen molar-refractivity contribution >= 4 is 5.78 Å². The van der Waals surface area contributed by atoms with Crippen LogP contribution >= 0.6 is 0 Å². The van der Waals surface area contributed by atoms with Gasteiger partial charge in [0, 0.05) is 0 Å². The van der Waals surface area contributed by atoms with Crippen LogP contribution in [0.5, 0.6) is 17.2 Å². The van der Waals surface area contributed by atoms with E-state index in [4.69, 9.17) is 4.74 Å². The second-order valence-electron chi connectivity index (χ2n) is 6.11. The first-order valence-corrected chi connectivity index (χ1v) is 7.97. The highest BCUT2D eigenvalue weighted by Crippen LogP contribution is 2.42. The number of hydrogen-bond acceptors (Lipinski definition) is 4. The number of Topliss-reactive ketones (excluding diaryl/α,β-unsaturated/α-hetero) is 1. The van der Waals surface area contributed by atoms with Gasteiger partial charge in [0.15, 0.2) is 5.78 Å². The van der Waals surface area contributed by atoms with E-state index in [2.05, 4.69) is 0 Å². The summed E-state index contributed by atoms with van der Waals surface area (Å²) >= 11 is 0. The molecule has 0 bridgehead atoms. The van der Waals surface area contributed by atoms with Gasteiger partial charge in [0.05, 0.1) is 5.56 Å². The highest BCUT2D eigenvalue weighted by atomic mass is 16.5. The molecule has 0 radical (unpaired) electrons. The van der Waals surface area contributed by atoms with Crippen LogP contribution in [0, 0.1) is 0 Å². The molecule has 0 fully saturated rings. The van der Waals surface area contributed by atoms with Crippen LogP contribution in [0.2, 0.25) is 0 Å². The number of phenolic OH excluding ortho intramolecular Hbond substituents is 2. The molecule has 4 heteroatoms. The zero-order valence-corrected chi connectivity index (χ0v) is 13.3. The Balaban J connectivity index is 1.96. The Morgan fingerprint density at radius 2 is 1.28 bits per heavy atom. The number of fused-ring (bicyclic) bond motifs is 1. The Labute approximate surface area is 144 Å². The molecular formula is C21H16O4. The molecule has 3 aromatic rings.